The Morgan fingerprint density at radius 1 is 1.25 bits per heavy atom. The molecule has 1 aromatic carbocycles. The fraction of sp³-hybridized carbons (Fsp3) is 0.333. The lowest BCUT2D eigenvalue weighted by Gasteiger charge is -2.13. The highest BCUT2D eigenvalue weighted by molar-refractivity contribution is 7.13. The van der Waals surface area contributed by atoms with Crippen LogP contribution in [0.1, 0.15) is 32.0 Å². The molecular weight excluding hydrogens is 270 g/mol. The Morgan fingerprint density at radius 2 is 1.95 bits per heavy atom. The summed E-state index contributed by atoms with van der Waals surface area (Å²) in [6.45, 7) is 6.44. The smallest absolute Gasteiger partial charge is 0.203 e. The zero-order valence-electron chi connectivity index (χ0n) is 12.2. The van der Waals surface area contributed by atoms with Crippen molar-refractivity contribution in [1.82, 2.24) is 4.98 Å². The van der Waals surface area contributed by atoms with Gasteiger partial charge in [0, 0.05) is 10.8 Å². The zero-order chi connectivity index (χ0) is 14.6. The summed E-state index contributed by atoms with van der Waals surface area (Å²) in [7, 11) is 1.65. The SMILES string of the molecule is COc1ccc(C=NNc2nc(C(C)(C)C)cs2)cc1. The van der Waals surface area contributed by atoms with Crippen LogP contribution in [0.4, 0.5) is 5.13 Å². The largest absolute Gasteiger partial charge is 0.497 e. The van der Waals surface area contributed by atoms with Gasteiger partial charge in [0.2, 0.25) is 5.13 Å². The van der Waals surface area contributed by atoms with Crippen molar-refractivity contribution in [2.45, 2.75) is 26.2 Å². The van der Waals surface area contributed by atoms with Gasteiger partial charge in [0.1, 0.15) is 5.75 Å². The summed E-state index contributed by atoms with van der Waals surface area (Å²) >= 11 is 1.56. The van der Waals surface area contributed by atoms with Crippen LogP contribution in [0.15, 0.2) is 34.7 Å². The van der Waals surface area contributed by atoms with Crippen molar-refractivity contribution in [2.75, 3.05) is 12.5 Å². The summed E-state index contributed by atoms with van der Waals surface area (Å²) in [4.78, 5) is 4.51. The molecule has 1 heterocycles. The van der Waals surface area contributed by atoms with Gasteiger partial charge in [0.25, 0.3) is 0 Å². The van der Waals surface area contributed by atoms with Gasteiger partial charge in [-0.15, -0.1) is 11.3 Å². The number of benzene rings is 1. The Hall–Kier alpha value is -1.88. The minimum atomic E-state index is 0.0656. The fourth-order valence-electron chi connectivity index (χ4n) is 1.52. The first kappa shape index (κ1) is 14.5. The van der Waals surface area contributed by atoms with Crippen molar-refractivity contribution < 1.29 is 4.74 Å². The van der Waals surface area contributed by atoms with Gasteiger partial charge in [-0.2, -0.15) is 5.10 Å². The van der Waals surface area contributed by atoms with Gasteiger partial charge >= 0.3 is 0 Å². The van der Waals surface area contributed by atoms with Crippen LogP contribution >= 0.6 is 11.3 Å². The quantitative estimate of drug-likeness (QED) is 0.686. The predicted octanol–water partition coefficient (Wildman–Crippen LogP) is 3.90. The van der Waals surface area contributed by atoms with Gasteiger partial charge in [-0.1, -0.05) is 20.8 Å². The summed E-state index contributed by atoms with van der Waals surface area (Å²) in [6.07, 6.45) is 1.76. The topological polar surface area (TPSA) is 46.5 Å². The summed E-state index contributed by atoms with van der Waals surface area (Å²) in [6, 6.07) is 7.71. The van der Waals surface area contributed by atoms with Crippen molar-refractivity contribution in [3.63, 3.8) is 0 Å². The number of thiazole rings is 1. The van der Waals surface area contributed by atoms with E-state index < -0.39 is 0 Å². The lowest BCUT2D eigenvalue weighted by molar-refractivity contribution is 0.415. The number of nitrogens with zero attached hydrogens (tertiary/aromatic N) is 2. The van der Waals surface area contributed by atoms with Gasteiger partial charge in [-0.3, -0.25) is 5.43 Å². The number of methoxy groups -OCH3 is 1. The van der Waals surface area contributed by atoms with E-state index in [1.165, 1.54) is 0 Å². The maximum Gasteiger partial charge on any atom is 0.203 e. The number of nitrogens with one attached hydrogen (secondary N) is 1. The second-order valence-corrected chi connectivity index (χ2v) is 6.29. The lowest BCUT2D eigenvalue weighted by Crippen LogP contribution is -2.11. The van der Waals surface area contributed by atoms with Crippen LogP contribution < -0.4 is 10.2 Å². The number of anilines is 1. The van der Waals surface area contributed by atoms with Crippen LogP contribution in [0.5, 0.6) is 5.75 Å². The molecule has 20 heavy (non-hydrogen) atoms. The number of hydrogen-bond donors (Lipinski definition) is 1. The molecule has 0 fully saturated rings. The molecule has 2 rings (SSSR count). The van der Waals surface area contributed by atoms with Crippen LogP contribution in [-0.2, 0) is 5.41 Å². The van der Waals surface area contributed by atoms with E-state index in [1.807, 2.05) is 24.3 Å². The summed E-state index contributed by atoms with van der Waals surface area (Å²) in [5, 5.41) is 7.06. The Kier molecular flexibility index (Phi) is 4.39. The van der Waals surface area contributed by atoms with E-state index in [0.717, 1.165) is 22.1 Å². The molecule has 0 saturated carbocycles. The van der Waals surface area contributed by atoms with Crippen molar-refractivity contribution in [1.29, 1.82) is 0 Å². The van der Waals surface area contributed by atoms with E-state index in [4.69, 9.17) is 4.74 Å². The van der Waals surface area contributed by atoms with E-state index in [1.54, 1.807) is 24.7 Å². The van der Waals surface area contributed by atoms with Crippen LogP contribution in [0, 0.1) is 0 Å². The molecule has 2 aromatic rings. The van der Waals surface area contributed by atoms with Crippen LogP contribution in [0.25, 0.3) is 0 Å². The Bertz CT molecular complexity index is 582. The normalized spacial score (nSPS) is 11.8. The molecule has 0 bridgehead atoms. The molecular formula is C15H19N3OS. The van der Waals surface area contributed by atoms with Crippen LogP contribution in [0.3, 0.4) is 0 Å². The maximum atomic E-state index is 5.11. The number of ether oxygens (including phenoxy) is 1. The Balaban J connectivity index is 1.97. The Morgan fingerprint density at radius 3 is 2.50 bits per heavy atom. The maximum absolute atomic E-state index is 5.11. The van der Waals surface area contributed by atoms with Crippen LogP contribution in [-0.4, -0.2) is 18.3 Å². The van der Waals surface area contributed by atoms with Crippen molar-refractivity contribution in [2.24, 2.45) is 5.10 Å². The first-order valence-electron chi connectivity index (χ1n) is 6.38. The van der Waals surface area contributed by atoms with E-state index in [9.17, 15) is 0 Å². The lowest BCUT2D eigenvalue weighted by atomic mass is 9.93. The van der Waals surface area contributed by atoms with Gasteiger partial charge in [-0.05, 0) is 29.8 Å². The van der Waals surface area contributed by atoms with Gasteiger partial charge in [0.05, 0.1) is 19.0 Å². The van der Waals surface area contributed by atoms with Gasteiger partial charge < -0.3 is 4.74 Å². The highest BCUT2D eigenvalue weighted by atomic mass is 32.1. The fourth-order valence-corrected chi connectivity index (χ4v) is 2.41. The highest BCUT2D eigenvalue weighted by Gasteiger charge is 2.17. The Labute approximate surface area is 123 Å². The third kappa shape index (κ3) is 3.81. The minimum absolute atomic E-state index is 0.0656. The predicted molar refractivity (Wildman–Crippen MR) is 85.0 cm³/mol. The molecule has 1 aromatic heterocycles. The number of rotatable bonds is 4. The number of hydrazone groups is 1. The summed E-state index contributed by atoms with van der Waals surface area (Å²) in [5.41, 5.74) is 5.10. The molecule has 0 aliphatic carbocycles. The third-order valence-electron chi connectivity index (χ3n) is 2.76. The van der Waals surface area contributed by atoms with E-state index in [2.05, 4.69) is 41.7 Å². The zero-order valence-corrected chi connectivity index (χ0v) is 13.0. The van der Waals surface area contributed by atoms with E-state index in [0.29, 0.717) is 0 Å². The first-order valence-corrected chi connectivity index (χ1v) is 7.26. The summed E-state index contributed by atoms with van der Waals surface area (Å²) in [5.74, 6) is 0.838. The second kappa shape index (κ2) is 6.05. The molecule has 0 unspecified atom stereocenters. The molecule has 4 nitrogen and oxygen atoms in total. The molecule has 0 saturated heterocycles. The molecule has 0 aliphatic rings. The molecule has 0 atom stereocenters. The second-order valence-electron chi connectivity index (χ2n) is 5.43. The molecule has 106 valence electrons. The first-order chi connectivity index (χ1) is 9.49. The number of hydrogen-bond acceptors (Lipinski definition) is 5. The third-order valence-corrected chi connectivity index (χ3v) is 3.51. The van der Waals surface area contributed by atoms with Crippen molar-refractivity contribution >= 4 is 22.7 Å². The molecule has 5 heteroatoms. The van der Waals surface area contributed by atoms with Gasteiger partial charge in [0.15, 0.2) is 0 Å². The van der Waals surface area contributed by atoms with Crippen molar-refractivity contribution in [3.8, 4) is 5.75 Å². The summed E-state index contributed by atoms with van der Waals surface area (Å²) < 4.78 is 5.11. The molecule has 0 radical (unpaired) electrons. The van der Waals surface area contributed by atoms with E-state index >= 15 is 0 Å². The molecule has 0 aliphatic heterocycles. The number of aromatic nitrogens is 1. The molecule has 1 N–H and O–H groups in total. The monoisotopic (exact) mass is 289 g/mol. The van der Waals surface area contributed by atoms with E-state index in [-0.39, 0.29) is 5.41 Å². The average molecular weight is 289 g/mol. The van der Waals surface area contributed by atoms with Crippen LogP contribution in [0.2, 0.25) is 0 Å². The molecule has 0 amide bonds. The minimum Gasteiger partial charge on any atom is -0.497 e. The van der Waals surface area contributed by atoms with Crippen molar-refractivity contribution in [3.05, 3.63) is 40.9 Å². The molecule has 0 spiro atoms. The average Bonchev–Trinajstić information content (AvgIpc) is 2.88. The van der Waals surface area contributed by atoms with Gasteiger partial charge in [-0.25, -0.2) is 4.98 Å². The standard InChI is InChI=1S/C15H19N3OS/c1-15(2,3)13-10-20-14(17-13)18-16-9-11-5-7-12(19-4)8-6-11/h5-10H,1-4H3,(H,17,18). The highest BCUT2D eigenvalue weighted by Crippen LogP contribution is 2.26.